The summed E-state index contributed by atoms with van der Waals surface area (Å²) in [6.07, 6.45) is 3.11. The summed E-state index contributed by atoms with van der Waals surface area (Å²) in [7, 11) is 0.749. The fraction of sp³-hybridized carbons (Fsp3) is 0.462. The van der Waals surface area contributed by atoms with Crippen molar-refractivity contribution in [1.29, 1.82) is 0 Å². The van der Waals surface area contributed by atoms with Crippen LogP contribution in [0, 0.1) is 5.92 Å². The zero-order valence-corrected chi connectivity index (χ0v) is 24.2. The molecule has 2 saturated heterocycles. The molecule has 1 unspecified atom stereocenters. The highest BCUT2D eigenvalue weighted by Crippen LogP contribution is 2.29. The lowest BCUT2D eigenvalue weighted by atomic mass is 9.95. The summed E-state index contributed by atoms with van der Waals surface area (Å²) in [6.45, 7) is 1.27. The number of hydrogen-bond donors (Lipinski definition) is 1. The zero-order chi connectivity index (χ0) is 28.8. The number of nitrogens with zero attached hydrogens (tertiary/aromatic N) is 6. The second-order valence-corrected chi connectivity index (χ2v) is 12.9. The van der Waals surface area contributed by atoms with Crippen LogP contribution in [0.15, 0.2) is 46.2 Å². The second kappa shape index (κ2) is 10.9. The molecule has 5 rings (SSSR count). The Morgan fingerprint density at radius 3 is 2.55 bits per heavy atom. The molecule has 0 spiro atoms. The minimum absolute atomic E-state index is 0.0233. The van der Waals surface area contributed by atoms with Crippen molar-refractivity contribution in [3.63, 3.8) is 0 Å². The molecule has 0 saturated carbocycles. The van der Waals surface area contributed by atoms with Gasteiger partial charge in [0.2, 0.25) is 21.8 Å². The number of sulfonamides is 1. The lowest BCUT2D eigenvalue weighted by Gasteiger charge is -2.43. The molecular weight excluding hydrogens is 558 g/mol. The third-order valence-electron chi connectivity index (χ3n) is 7.69. The Labute approximate surface area is 237 Å². The van der Waals surface area contributed by atoms with Crippen LogP contribution in [-0.2, 0) is 26.7 Å². The molecule has 2 aromatic heterocycles. The molecule has 214 valence electrons. The van der Waals surface area contributed by atoms with Gasteiger partial charge in [0, 0.05) is 70.5 Å². The first-order valence-electron chi connectivity index (χ1n) is 13.0. The van der Waals surface area contributed by atoms with Gasteiger partial charge in [0.15, 0.2) is 0 Å². The van der Waals surface area contributed by atoms with Crippen LogP contribution in [-0.4, -0.2) is 102 Å². The number of rotatable bonds is 6. The minimum Gasteiger partial charge on any atom is -0.360 e. The SMILES string of the molecule is CN(C)C(=O)C1CN(S(=O)(=O)c2ccc3c(Cl)c[nH]c3c2)CC(=O)N1CC1CCN(c2ccc(=O)n(C)n2)CC1. The van der Waals surface area contributed by atoms with Gasteiger partial charge in [-0.25, -0.2) is 13.1 Å². The van der Waals surface area contributed by atoms with Gasteiger partial charge in [0.1, 0.15) is 11.9 Å². The summed E-state index contributed by atoms with van der Waals surface area (Å²) >= 11 is 6.14. The molecule has 2 amide bonds. The van der Waals surface area contributed by atoms with Crippen LogP contribution >= 0.6 is 11.6 Å². The summed E-state index contributed by atoms with van der Waals surface area (Å²) in [6, 6.07) is 6.84. The van der Waals surface area contributed by atoms with E-state index in [0.717, 1.165) is 23.0 Å². The van der Waals surface area contributed by atoms with Crippen molar-refractivity contribution < 1.29 is 18.0 Å². The molecule has 2 fully saturated rings. The molecule has 0 radical (unpaired) electrons. The van der Waals surface area contributed by atoms with Gasteiger partial charge in [-0.15, -0.1) is 0 Å². The number of aromatic nitrogens is 3. The van der Waals surface area contributed by atoms with Crippen molar-refractivity contribution in [2.24, 2.45) is 13.0 Å². The molecule has 40 heavy (non-hydrogen) atoms. The number of aromatic amines is 1. The van der Waals surface area contributed by atoms with E-state index in [-0.39, 0.29) is 35.4 Å². The smallest absolute Gasteiger partial charge is 0.266 e. The van der Waals surface area contributed by atoms with Crippen molar-refractivity contribution in [3.8, 4) is 0 Å². The average molecular weight is 590 g/mol. The topological polar surface area (TPSA) is 132 Å². The Hall–Kier alpha value is -3.42. The number of anilines is 1. The monoisotopic (exact) mass is 589 g/mol. The van der Waals surface area contributed by atoms with E-state index in [4.69, 9.17) is 11.6 Å². The fourth-order valence-corrected chi connectivity index (χ4v) is 7.00. The predicted octanol–water partition coefficient (Wildman–Crippen LogP) is 1.12. The summed E-state index contributed by atoms with van der Waals surface area (Å²) < 4.78 is 29.6. The first kappa shape index (κ1) is 28.1. The van der Waals surface area contributed by atoms with Crippen LogP contribution in [0.5, 0.6) is 0 Å². The summed E-state index contributed by atoms with van der Waals surface area (Å²) in [5.41, 5.74) is 0.389. The number of carbonyl (C=O) groups is 2. The van der Waals surface area contributed by atoms with Gasteiger partial charge in [-0.3, -0.25) is 14.4 Å². The highest BCUT2D eigenvalue weighted by atomic mass is 35.5. The van der Waals surface area contributed by atoms with E-state index < -0.39 is 22.0 Å². The number of fused-ring (bicyclic) bond motifs is 1. The molecule has 1 atom stereocenters. The van der Waals surface area contributed by atoms with Gasteiger partial charge in [-0.1, -0.05) is 11.6 Å². The summed E-state index contributed by atoms with van der Waals surface area (Å²) in [5.74, 6) is 0.122. The number of carbonyl (C=O) groups excluding carboxylic acids is 2. The van der Waals surface area contributed by atoms with Crippen molar-refractivity contribution in [3.05, 3.63) is 51.9 Å². The maximum atomic E-state index is 13.6. The number of piperazine rings is 1. The summed E-state index contributed by atoms with van der Waals surface area (Å²) in [5, 5.41) is 5.50. The number of halogens is 1. The number of aryl methyl sites for hydroxylation is 1. The van der Waals surface area contributed by atoms with E-state index >= 15 is 0 Å². The van der Waals surface area contributed by atoms with Crippen molar-refractivity contribution in [1.82, 2.24) is 28.9 Å². The van der Waals surface area contributed by atoms with Crippen LogP contribution < -0.4 is 10.5 Å². The lowest BCUT2D eigenvalue weighted by Crippen LogP contribution is -2.63. The number of amides is 2. The Bertz CT molecular complexity index is 1610. The van der Waals surface area contributed by atoms with Gasteiger partial charge in [0.05, 0.1) is 16.5 Å². The molecule has 0 aliphatic carbocycles. The third kappa shape index (κ3) is 5.32. The second-order valence-electron chi connectivity index (χ2n) is 10.5. The lowest BCUT2D eigenvalue weighted by molar-refractivity contribution is -0.149. The van der Waals surface area contributed by atoms with Crippen LogP contribution in [0.2, 0.25) is 5.02 Å². The number of likely N-dealkylation sites (N-methyl/N-ethyl adjacent to an activating group) is 1. The quantitative estimate of drug-likeness (QED) is 0.456. The first-order valence-corrected chi connectivity index (χ1v) is 14.8. The first-order chi connectivity index (χ1) is 19.0. The Morgan fingerprint density at radius 2 is 1.88 bits per heavy atom. The van der Waals surface area contributed by atoms with Gasteiger partial charge >= 0.3 is 0 Å². The normalized spacial score (nSPS) is 19.4. The highest BCUT2D eigenvalue weighted by Gasteiger charge is 2.43. The minimum atomic E-state index is -4.06. The average Bonchev–Trinajstić information content (AvgIpc) is 3.31. The maximum Gasteiger partial charge on any atom is 0.266 e. The molecule has 14 heteroatoms. The number of benzene rings is 1. The van der Waals surface area contributed by atoms with Crippen molar-refractivity contribution in [2.75, 3.05) is 51.7 Å². The van der Waals surface area contributed by atoms with E-state index in [9.17, 15) is 22.8 Å². The molecule has 0 bridgehead atoms. The zero-order valence-electron chi connectivity index (χ0n) is 22.6. The third-order valence-corrected chi connectivity index (χ3v) is 9.81. The molecular formula is C26H32ClN7O5S. The van der Waals surface area contributed by atoms with Gasteiger partial charge in [-0.2, -0.15) is 9.40 Å². The van der Waals surface area contributed by atoms with Gasteiger partial charge in [-0.05, 0) is 43.0 Å². The van der Waals surface area contributed by atoms with E-state index in [1.165, 1.54) is 27.8 Å². The molecule has 2 aliphatic rings. The summed E-state index contributed by atoms with van der Waals surface area (Å²) in [4.78, 5) is 46.4. The van der Waals surface area contributed by atoms with E-state index in [1.807, 2.05) is 0 Å². The number of piperidine rings is 1. The van der Waals surface area contributed by atoms with Crippen LogP contribution in [0.1, 0.15) is 12.8 Å². The van der Waals surface area contributed by atoms with Gasteiger partial charge in [0.25, 0.3) is 5.56 Å². The molecule has 2 aliphatic heterocycles. The molecule has 12 nitrogen and oxygen atoms in total. The number of H-pyrrole nitrogens is 1. The molecule has 1 aromatic carbocycles. The largest absolute Gasteiger partial charge is 0.360 e. The Balaban J connectivity index is 1.32. The van der Waals surface area contributed by atoms with E-state index in [2.05, 4.69) is 15.0 Å². The maximum absolute atomic E-state index is 13.6. The molecule has 1 N–H and O–H groups in total. The molecule has 3 aromatic rings. The van der Waals surface area contributed by atoms with Crippen molar-refractivity contribution >= 4 is 50.2 Å². The van der Waals surface area contributed by atoms with Crippen LogP contribution in [0.3, 0.4) is 0 Å². The predicted molar refractivity (Wildman–Crippen MR) is 151 cm³/mol. The van der Waals surface area contributed by atoms with Crippen LogP contribution in [0.25, 0.3) is 10.9 Å². The van der Waals surface area contributed by atoms with E-state index in [0.29, 0.717) is 35.6 Å². The van der Waals surface area contributed by atoms with E-state index in [1.54, 1.807) is 44.4 Å². The Kier molecular flexibility index (Phi) is 7.64. The molecule has 4 heterocycles. The highest BCUT2D eigenvalue weighted by molar-refractivity contribution is 7.89. The van der Waals surface area contributed by atoms with Gasteiger partial charge < -0.3 is 19.7 Å². The fourth-order valence-electron chi connectivity index (χ4n) is 5.35. The van der Waals surface area contributed by atoms with Crippen LogP contribution in [0.4, 0.5) is 5.82 Å². The Morgan fingerprint density at radius 1 is 1.15 bits per heavy atom. The number of nitrogens with one attached hydrogen (secondary N) is 1. The number of hydrogen-bond acceptors (Lipinski definition) is 7. The van der Waals surface area contributed by atoms with Crippen molar-refractivity contribution in [2.45, 2.75) is 23.8 Å². The standard InChI is InChI=1S/C26H32ClN7O5S/c1-30(2)26(37)22-15-33(40(38,39)18-4-5-19-20(27)13-28-21(19)12-18)16-25(36)34(22)14-17-8-10-32(11-9-17)23-6-7-24(35)31(3)29-23/h4-7,12-13,17,22,28H,8-11,14-16H2,1-3H3.